The monoisotopic (exact) mass is 240 g/mol. The minimum atomic E-state index is 0.131. The molecule has 5 nitrogen and oxygen atoms in total. The zero-order chi connectivity index (χ0) is 12.1. The highest BCUT2D eigenvalue weighted by Crippen LogP contribution is 2.06. The molecule has 1 aromatic rings. The number of thiocarbonyl (C=S) groups is 1. The number of nitrogens with zero attached hydrogens (tertiary/aromatic N) is 2. The lowest BCUT2D eigenvalue weighted by Crippen LogP contribution is -2.23. The molecular weight excluding hydrogens is 224 g/mol. The highest BCUT2D eigenvalue weighted by molar-refractivity contribution is 7.80. The van der Waals surface area contributed by atoms with Gasteiger partial charge in [-0.05, 0) is 19.9 Å². The Hall–Kier alpha value is -1.27. The first-order valence-electron chi connectivity index (χ1n) is 4.94. The lowest BCUT2D eigenvalue weighted by atomic mass is 10.3. The summed E-state index contributed by atoms with van der Waals surface area (Å²) in [7, 11) is 1.65. The van der Waals surface area contributed by atoms with E-state index in [9.17, 15) is 0 Å². The molecule has 88 valence electrons. The summed E-state index contributed by atoms with van der Waals surface area (Å²) in [5.41, 5.74) is 6.93. The Balaban J connectivity index is 2.84. The fourth-order valence-corrected chi connectivity index (χ4v) is 1.38. The SMILES string of the molecule is COCC(C)Nc1nc(C)cc(C(N)=S)n1. The molecule has 0 aromatic carbocycles. The number of nitrogens with one attached hydrogen (secondary N) is 1. The summed E-state index contributed by atoms with van der Waals surface area (Å²) in [6, 6.07) is 1.89. The van der Waals surface area contributed by atoms with Crippen molar-refractivity contribution in [3.05, 3.63) is 17.5 Å². The molecule has 16 heavy (non-hydrogen) atoms. The van der Waals surface area contributed by atoms with Crippen molar-refractivity contribution in [2.75, 3.05) is 19.0 Å². The molecule has 1 heterocycles. The maximum atomic E-state index is 5.53. The van der Waals surface area contributed by atoms with E-state index >= 15 is 0 Å². The van der Waals surface area contributed by atoms with Crippen LogP contribution in [0.4, 0.5) is 5.95 Å². The van der Waals surface area contributed by atoms with E-state index in [1.165, 1.54) is 0 Å². The van der Waals surface area contributed by atoms with Crippen LogP contribution < -0.4 is 11.1 Å². The van der Waals surface area contributed by atoms with Gasteiger partial charge in [-0.2, -0.15) is 0 Å². The van der Waals surface area contributed by atoms with E-state index in [1.807, 2.05) is 13.8 Å². The fourth-order valence-electron chi connectivity index (χ4n) is 1.27. The van der Waals surface area contributed by atoms with Crippen LogP contribution in [-0.2, 0) is 4.74 Å². The van der Waals surface area contributed by atoms with Crippen molar-refractivity contribution < 1.29 is 4.74 Å². The van der Waals surface area contributed by atoms with Crippen molar-refractivity contribution in [1.82, 2.24) is 9.97 Å². The average molecular weight is 240 g/mol. The third kappa shape index (κ3) is 3.71. The van der Waals surface area contributed by atoms with Crippen LogP contribution in [0.1, 0.15) is 18.3 Å². The van der Waals surface area contributed by atoms with E-state index in [1.54, 1.807) is 13.2 Å². The molecule has 1 rings (SSSR count). The molecule has 0 aliphatic carbocycles. The molecule has 3 N–H and O–H groups in total. The number of methoxy groups -OCH3 is 1. The second-order valence-corrected chi connectivity index (χ2v) is 4.02. The van der Waals surface area contributed by atoms with Gasteiger partial charge in [-0.3, -0.25) is 0 Å². The number of rotatable bonds is 5. The van der Waals surface area contributed by atoms with Gasteiger partial charge in [0, 0.05) is 18.8 Å². The first-order valence-corrected chi connectivity index (χ1v) is 5.34. The maximum absolute atomic E-state index is 5.53. The molecule has 0 spiro atoms. The Morgan fingerprint density at radius 2 is 2.31 bits per heavy atom. The summed E-state index contributed by atoms with van der Waals surface area (Å²) in [6.45, 7) is 4.44. The topological polar surface area (TPSA) is 73.1 Å². The molecule has 0 fully saturated rings. The summed E-state index contributed by atoms with van der Waals surface area (Å²) in [5.74, 6) is 0.521. The van der Waals surface area contributed by atoms with Gasteiger partial charge in [-0.15, -0.1) is 0 Å². The standard InChI is InChI=1S/C10H16N4OS/c1-6-4-8(9(11)16)14-10(12-6)13-7(2)5-15-3/h4,7H,5H2,1-3H3,(H2,11,16)(H,12,13,14). The summed E-state index contributed by atoms with van der Waals surface area (Å²) in [6.07, 6.45) is 0. The Morgan fingerprint density at radius 3 is 2.88 bits per heavy atom. The second kappa shape index (κ2) is 5.72. The Morgan fingerprint density at radius 1 is 1.62 bits per heavy atom. The van der Waals surface area contributed by atoms with Gasteiger partial charge >= 0.3 is 0 Å². The molecule has 0 saturated carbocycles. The number of aromatic nitrogens is 2. The number of hydrogen-bond donors (Lipinski definition) is 2. The fraction of sp³-hybridized carbons (Fsp3) is 0.500. The van der Waals surface area contributed by atoms with E-state index in [2.05, 4.69) is 15.3 Å². The minimum Gasteiger partial charge on any atom is -0.388 e. The number of anilines is 1. The minimum absolute atomic E-state index is 0.131. The van der Waals surface area contributed by atoms with Gasteiger partial charge in [0.15, 0.2) is 0 Å². The molecular formula is C10H16N4OS. The van der Waals surface area contributed by atoms with Crippen LogP contribution in [0, 0.1) is 6.92 Å². The summed E-state index contributed by atoms with van der Waals surface area (Å²) in [4.78, 5) is 8.73. The maximum Gasteiger partial charge on any atom is 0.223 e. The van der Waals surface area contributed by atoms with Crippen molar-refractivity contribution >= 4 is 23.2 Å². The van der Waals surface area contributed by atoms with E-state index < -0.39 is 0 Å². The third-order valence-electron chi connectivity index (χ3n) is 1.90. The summed E-state index contributed by atoms with van der Waals surface area (Å²) >= 11 is 4.88. The van der Waals surface area contributed by atoms with Crippen LogP contribution in [0.5, 0.6) is 0 Å². The summed E-state index contributed by atoms with van der Waals surface area (Å²) in [5, 5.41) is 3.12. The molecule has 0 saturated heterocycles. The molecule has 0 bridgehead atoms. The third-order valence-corrected chi connectivity index (χ3v) is 2.11. The van der Waals surface area contributed by atoms with Crippen molar-refractivity contribution in [1.29, 1.82) is 0 Å². The highest BCUT2D eigenvalue weighted by atomic mass is 32.1. The van der Waals surface area contributed by atoms with Crippen LogP contribution in [0.3, 0.4) is 0 Å². The second-order valence-electron chi connectivity index (χ2n) is 3.58. The van der Waals surface area contributed by atoms with Gasteiger partial charge in [0.25, 0.3) is 0 Å². The van der Waals surface area contributed by atoms with Crippen molar-refractivity contribution in [3.63, 3.8) is 0 Å². The van der Waals surface area contributed by atoms with Gasteiger partial charge in [-0.1, -0.05) is 12.2 Å². The number of hydrogen-bond acceptors (Lipinski definition) is 5. The average Bonchev–Trinajstić information content (AvgIpc) is 2.16. The lowest BCUT2D eigenvalue weighted by Gasteiger charge is -2.13. The van der Waals surface area contributed by atoms with Crippen LogP contribution >= 0.6 is 12.2 Å². The first-order chi connectivity index (χ1) is 7.52. The quantitative estimate of drug-likeness (QED) is 0.744. The van der Waals surface area contributed by atoms with Crippen LogP contribution in [0.2, 0.25) is 0 Å². The predicted octanol–water partition coefficient (Wildman–Crippen LogP) is 0.866. The molecule has 0 amide bonds. The van der Waals surface area contributed by atoms with Gasteiger partial charge in [0.2, 0.25) is 5.95 Å². The van der Waals surface area contributed by atoms with E-state index in [-0.39, 0.29) is 11.0 Å². The molecule has 0 aliphatic heterocycles. The van der Waals surface area contributed by atoms with Gasteiger partial charge in [0.05, 0.1) is 6.61 Å². The van der Waals surface area contributed by atoms with Crippen LogP contribution in [0.15, 0.2) is 6.07 Å². The molecule has 6 heteroatoms. The Bertz CT molecular complexity index is 383. The number of aryl methyl sites for hydroxylation is 1. The first kappa shape index (κ1) is 12.8. The molecule has 1 unspecified atom stereocenters. The smallest absolute Gasteiger partial charge is 0.223 e. The van der Waals surface area contributed by atoms with Crippen molar-refractivity contribution in [3.8, 4) is 0 Å². The Labute approximate surface area is 100 Å². The zero-order valence-electron chi connectivity index (χ0n) is 9.65. The Kier molecular flexibility index (Phi) is 4.57. The summed E-state index contributed by atoms with van der Waals surface area (Å²) < 4.78 is 5.02. The zero-order valence-corrected chi connectivity index (χ0v) is 10.5. The normalized spacial score (nSPS) is 12.2. The number of ether oxygens (including phenoxy) is 1. The van der Waals surface area contributed by atoms with Crippen LogP contribution in [0.25, 0.3) is 0 Å². The van der Waals surface area contributed by atoms with Crippen molar-refractivity contribution in [2.24, 2.45) is 5.73 Å². The highest BCUT2D eigenvalue weighted by Gasteiger charge is 2.07. The molecule has 1 atom stereocenters. The van der Waals surface area contributed by atoms with E-state index in [0.29, 0.717) is 18.2 Å². The van der Waals surface area contributed by atoms with E-state index in [4.69, 9.17) is 22.7 Å². The van der Waals surface area contributed by atoms with E-state index in [0.717, 1.165) is 5.69 Å². The lowest BCUT2D eigenvalue weighted by molar-refractivity contribution is 0.190. The van der Waals surface area contributed by atoms with Crippen molar-refractivity contribution in [2.45, 2.75) is 19.9 Å². The number of nitrogens with two attached hydrogens (primary N) is 1. The van der Waals surface area contributed by atoms with Crippen LogP contribution in [-0.4, -0.2) is 34.7 Å². The molecule has 0 aliphatic rings. The molecule has 0 radical (unpaired) electrons. The van der Waals surface area contributed by atoms with Gasteiger partial charge < -0.3 is 15.8 Å². The molecule has 1 aromatic heterocycles. The van der Waals surface area contributed by atoms with Gasteiger partial charge in [0.1, 0.15) is 10.7 Å². The van der Waals surface area contributed by atoms with Gasteiger partial charge in [-0.25, -0.2) is 9.97 Å². The largest absolute Gasteiger partial charge is 0.388 e. The predicted molar refractivity (Wildman–Crippen MR) is 67.6 cm³/mol.